The molecule has 13 heteroatoms. The Kier molecular flexibility index (Phi) is 10.9. The highest BCUT2D eigenvalue weighted by atomic mass is 28.3. The minimum atomic E-state index is -1.72. The van der Waals surface area contributed by atoms with Crippen molar-refractivity contribution >= 4 is 48.0 Å². The number of benzene rings is 3. The van der Waals surface area contributed by atoms with Gasteiger partial charge in [-0.15, -0.1) is 0 Å². The number of carbonyl (C=O) groups is 3. The van der Waals surface area contributed by atoms with Gasteiger partial charge in [0.2, 0.25) is 11.8 Å². The average Bonchev–Trinajstić information content (AvgIpc) is 3.99. The van der Waals surface area contributed by atoms with Gasteiger partial charge in [0.25, 0.3) is 0 Å². The monoisotopic (exact) mass is 762 g/mol. The van der Waals surface area contributed by atoms with Gasteiger partial charge >= 0.3 is 6.09 Å². The number of methoxy groups -OCH3 is 1. The number of nitrogens with zero attached hydrogens (tertiary/aromatic N) is 5. The van der Waals surface area contributed by atoms with Crippen LogP contribution in [0.25, 0.3) is 33.2 Å². The fourth-order valence-corrected chi connectivity index (χ4v) is 11.4. The van der Waals surface area contributed by atoms with Gasteiger partial charge < -0.3 is 29.8 Å². The molecule has 2 fully saturated rings. The molecule has 290 valence electrons. The Balaban J connectivity index is 1.14. The molecule has 7 rings (SSSR count). The minimum absolute atomic E-state index is 0.104. The molecular formula is C42H54N8O4Si. The van der Waals surface area contributed by atoms with E-state index in [1.807, 2.05) is 49.1 Å². The van der Waals surface area contributed by atoms with Gasteiger partial charge in [-0.3, -0.25) is 14.5 Å². The first-order valence-electron chi connectivity index (χ1n) is 19.7. The molecular weight excluding hydrogens is 709 g/mol. The fourth-order valence-electron chi connectivity index (χ4n) is 8.56. The van der Waals surface area contributed by atoms with Crippen LogP contribution in [0.5, 0.6) is 0 Å². The third-order valence-electron chi connectivity index (χ3n) is 11.4. The van der Waals surface area contributed by atoms with E-state index >= 15 is 0 Å². The van der Waals surface area contributed by atoms with E-state index in [0.29, 0.717) is 6.54 Å². The SMILES string of the molecule is CCN(CC)[C@@H](C(=O)N1C[Si](C)(C)C[C@H]1c1nc2ccc(-c3ccc4[nH]c([C@@H]5CCCN5C(=O)[C@@H](NC(=O)OC)C(C)C)nc4c3)cc2[nH]1)c1ccccc1. The summed E-state index contributed by atoms with van der Waals surface area (Å²) in [5.41, 5.74) is 6.58. The van der Waals surface area contributed by atoms with Crippen LogP contribution in [0, 0.1) is 5.92 Å². The number of alkyl carbamates (subject to hydrolysis) is 1. The molecule has 0 unspecified atom stereocenters. The van der Waals surface area contributed by atoms with Gasteiger partial charge in [0.05, 0.1) is 49.3 Å². The van der Waals surface area contributed by atoms with E-state index in [0.717, 1.165) is 88.5 Å². The van der Waals surface area contributed by atoms with Crippen LogP contribution >= 0.6 is 0 Å². The second-order valence-electron chi connectivity index (χ2n) is 16.1. The highest BCUT2D eigenvalue weighted by molar-refractivity contribution is 6.78. The fraction of sp³-hybridized carbons (Fsp3) is 0.452. The zero-order valence-electron chi connectivity index (χ0n) is 33.1. The maximum atomic E-state index is 14.6. The first kappa shape index (κ1) is 38.3. The molecule has 0 aliphatic carbocycles. The summed E-state index contributed by atoms with van der Waals surface area (Å²) in [5.74, 6) is 1.49. The number of aromatic nitrogens is 4. The summed E-state index contributed by atoms with van der Waals surface area (Å²) >= 11 is 0. The number of hydrogen-bond donors (Lipinski definition) is 3. The molecule has 3 amide bonds. The Morgan fingerprint density at radius 3 is 2.25 bits per heavy atom. The van der Waals surface area contributed by atoms with E-state index in [1.54, 1.807) is 0 Å². The number of ether oxygens (including phenoxy) is 1. The summed E-state index contributed by atoms with van der Waals surface area (Å²) in [5, 5.41) is 2.72. The van der Waals surface area contributed by atoms with Crippen molar-refractivity contribution in [2.45, 2.75) is 83.8 Å². The Morgan fingerprint density at radius 1 is 0.873 bits per heavy atom. The second-order valence-corrected chi connectivity index (χ2v) is 21.2. The smallest absolute Gasteiger partial charge is 0.407 e. The van der Waals surface area contributed by atoms with E-state index in [2.05, 4.69) is 88.4 Å². The molecule has 4 heterocycles. The summed E-state index contributed by atoms with van der Waals surface area (Å²) in [4.78, 5) is 63.7. The lowest BCUT2D eigenvalue weighted by molar-refractivity contribution is -0.138. The number of amides is 3. The van der Waals surface area contributed by atoms with Crippen molar-refractivity contribution in [1.29, 1.82) is 0 Å². The molecule has 0 bridgehead atoms. The summed E-state index contributed by atoms with van der Waals surface area (Å²) in [6, 6.07) is 22.2. The largest absolute Gasteiger partial charge is 0.453 e. The van der Waals surface area contributed by atoms with Crippen LogP contribution in [0.3, 0.4) is 0 Å². The summed E-state index contributed by atoms with van der Waals surface area (Å²) in [6.45, 7) is 15.0. The number of rotatable bonds is 11. The Labute approximate surface area is 324 Å². The van der Waals surface area contributed by atoms with Gasteiger partial charge in [-0.25, -0.2) is 14.8 Å². The number of hydrogen-bond acceptors (Lipinski definition) is 7. The van der Waals surface area contributed by atoms with Crippen molar-refractivity contribution in [3.05, 3.63) is 83.9 Å². The van der Waals surface area contributed by atoms with Gasteiger partial charge in [-0.1, -0.05) is 83.3 Å². The highest BCUT2D eigenvalue weighted by Gasteiger charge is 2.46. The van der Waals surface area contributed by atoms with Crippen molar-refractivity contribution in [3.63, 3.8) is 0 Å². The van der Waals surface area contributed by atoms with Gasteiger partial charge in [-0.05, 0) is 78.8 Å². The zero-order valence-corrected chi connectivity index (χ0v) is 34.1. The van der Waals surface area contributed by atoms with Gasteiger partial charge in [0.15, 0.2) is 0 Å². The standard InChI is InChI=1S/C42H54N8O4Si/c1-8-48(9-2)37(27-14-11-10-12-15-27)41(52)50-25-55(6,7)24-35(50)39-44-31-20-18-29(23-33(31)46-39)28-17-19-30-32(22-28)45-38(43-30)34-16-13-21-49(34)40(51)36(26(3)4)47-42(53)54-5/h10-12,14-15,17-20,22-23,26,34-37H,8-9,13,16,21,24-25H2,1-7H3,(H,43,45)(H,44,46)(H,47,53)/t34-,35-,36-,37+/m0/s1. The molecule has 55 heavy (non-hydrogen) atoms. The van der Waals surface area contributed by atoms with Crippen LogP contribution in [0.4, 0.5) is 4.79 Å². The second kappa shape index (κ2) is 15.6. The van der Waals surface area contributed by atoms with Crippen molar-refractivity contribution in [3.8, 4) is 11.1 Å². The number of aromatic amines is 2. The number of H-pyrrole nitrogens is 2. The Hall–Kier alpha value is -5.01. The lowest BCUT2D eigenvalue weighted by Gasteiger charge is -2.34. The molecule has 2 aliphatic rings. The van der Waals surface area contributed by atoms with E-state index in [-0.39, 0.29) is 35.9 Å². The third kappa shape index (κ3) is 7.64. The maximum absolute atomic E-state index is 14.6. The van der Waals surface area contributed by atoms with E-state index in [1.165, 1.54) is 7.11 Å². The molecule has 2 saturated heterocycles. The highest BCUT2D eigenvalue weighted by Crippen LogP contribution is 2.40. The average molecular weight is 763 g/mol. The summed E-state index contributed by atoms with van der Waals surface area (Å²) in [6.07, 6.45) is 1.81. The van der Waals surface area contributed by atoms with Gasteiger partial charge in [0.1, 0.15) is 23.7 Å². The predicted molar refractivity (Wildman–Crippen MR) is 218 cm³/mol. The maximum Gasteiger partial charge on any atom is 0.407 e. The van der Waals surface area contributed by atoms with Crippen LogP contribution in [0.1, 0.15) is 75.9 Å². The van der Waals surface area contributed by atoms with E-state index in [4.69, 9.17) is 14.7 Å². The molecule has 0 spiro atoms. The zero-order chi connectivity index (χ0) is 39.0. The van der Waals surface area contributed by atoms with Crippen LogP contribution in [-0.4, -0.2) is 99.6 Å². The number of nitrogens with one attached hydrogen (secondary N) is 3. The van der Waals surface area contributed by atoms with E-state index < -0.39 is 20.2 Å². The quantitative estimate of drug-likeness (QED) is 0.120. The molecule has 3 aromatic carbocycles. The van der Waals surface area contributed by atoms with Crippen molar-refractivity contribution < 1.29 is 19.1 Å². The number of fused-ring (bicyclic) bond motifs is 2. The molecule has 2 aromatic heterocycles. The first-order chi connectivity index (χ1) is 26.4. The van der Waals surface area contributed by atoms with Crippen LogP contribution < -0.4 is 5.32 Å². The minimum Gasteiger partial charge on any atom is -0.453 e. The van der Waals surface area contributed by atoms with Crippen LogP contribution in [-0.2, 0) is 14.3 Å². The lowest BCUT2D eigenvalue weighted by Crippen LogP contribution is -2.51. The van der Waals surface area contributed by atoms with Crippen molar-refractivity contribution in [2.75, 3.05) is 32.9 Å². The normalized spacial score (nSPS) is 19.4. The first-order valence-corrected chi connectivity index (χ1v) is 23.1. The molecule has 2 aliphatic heterocycles. The summed E-state index contributed by atoms with van der Waals surface area (Å²) in [7, 11) is -0.417. The van der Waals surface area contributed by atoms with Crippen molar-refractivity contribution in [2.24, 2.45) is 5.92 Å². The lowest BCUT2D eigenvalue weighted by atomic mass is 10.0. The molecule has 12 nitrogen and oxygen atoms in total. The van der Waals surface area contributed by atoms with Crippen LogP contribution in [0.15, 0.2) is 66.7 Å². The topological polar surface area (TPSA) is 140 Å². The molecule has 0 saturated carbocycles. The Morgan fingerprint density at radius 2 is 1.55 bits per heavy atom. The molecule has 4 atom stereocenters. The van der Waals surface area contributed by atoms with Gasteiger partial charge in [0, 0.05) is 12.7 Å². The third-order valence-corrected chi connectivity index (χ3v) is 14.1. The molecule has 3 N–H and O–H groups in total. The van der Waals surface area contributed by atoms with Crippen molar-refractivity contribution in [1.82, 2.24) is 40.0 Å². The number of likely N-dealkylation sites (N-methyl/N-ethyl adjacent to an activating group) is 1. The van der Waals surface area contributed by atoms with E-state index in [9.17, 15) is 14.4 Å². The number of likely N-dealkylation sites (tertiary alicyclic amines) is 1. The number of imidazole rings is 2. The van der Waals surface area contributed by atoms with Gasteiger partial charge in [-0.2, -0.15) is 0 Å². The molecule has 5 aromatic rings. The molecule has 0 radical (unpaired) electrons. The predicted octanol–water partition coefficient (Wildman–Crippen LogP) is 7.36. The van der Waals surface area contributed by atoms with Crippen LogP contribution in [0.2, 0.25) is 19.1 Å². The number of carbonyl (C=O) groups excluding carboxylic acids is 3. The Bertz CT molecular complexity index is 2180. The summed E-state index contributed by atoms with van der Waals surface area (Å²) < 4.78 is 4.79.